The van der Waals surface area contributed by atoms with Crippen LogP contribution < -0.4 is 0 Å². The van der Waals surface area contributed by atoms with Gasteiger partial charge in [0.2, 0.25) is 0 Å². The highest BCUT2D eigenvalue weighted by molar-refractivity contribution is 9.10. The standard InChI is InChI=1S/C11H14BrNO/c1-3-8(2)6-11(14)10-5-4-9(12)7-13-10/h4-5,7,11,14H,2-3,6H2,1H3. The van der Waals surface area contributed by atoms with Gasteiger partial charge in [-0.1, -0.05) is 19.1 Å². The summed E-state index contributed by atoms with van der Waals surface area (Å²) >= 11 is 3.30. The van der Waals surface area contributed by atoms with Crippen LogP contribution in [0.1, 0.15) is 31.6 Å². The Kier molecular flexibility index (Phi) is 4.29. The van der Waals surface area contributed by atoms with Gasteiger partial charge in [-0.2, -0.15) is 0 Å². The van der Waals surface area contributed by atoms with Crippen molar-refractivity contribution in [1.82, 2.24) is 4.98 Å². The van der Waals surface area contributed by atoms with E-state index < -0.39 is 6.10 Å². The van der Waals surface area contributed by atoms with Crippen molar-refractivity contribution in [2.45, 2.75) is 25.9 Å². The van der Waals surface area contributed by atoms with E-state index in [2.05, 4.69) is 27.5 Å². The highest BCUT2D eigenvalue weighted by Gasteiger charge is 2.09. The molecule has 1 rings (SSSR count). The average molecular weight is 256 g/mol. The van der Waals surface area contributed by atoms with Gasteiger partial charge in [0.15, 0.2) is 0 Å². The molecule has 1 aromatic rings. The Morgan fingerprint density at radius 3 is 2.86 bits per heavy atom. The highest BCUT2D eigenvalue weighted by atomic mass is 79.9. The smallest absolute Gasteiger partial charge is 0.0996 e. The molecule has 1 heterocycles. The van der Waals surface area contributed by atoms with Crippen molar-refractivity contribution in [3.05, 3.63) is 40.6 Å². The first-order valence-electron chi connectivity index (χ1n) is 4.59. The van der Waals surface area contributed by atoms with Crippen molar-refractivity contribution in [2.24, 2.45) is 0 Å². The molecule has 0 fully saturated rings. The number of aliphatic hydroxyl groups is 1. The third-order valence-electron chi connectivity index (χ3n) is 2.07. The number of rotatable bonds is 4. The fourth-order valence-electron chi connectivity index (χ4n) is 1.11. The van der Waals surface area contributed by atoms with Gasteiger partial charge in [-0.15, -0.1) is 0 Å². The van der Waals surface area contributed by atoms with E-state index in [0.717, 1.165) is 16.5 Å². The Labute approximate surface area is 92.8 Å². The minimum Gasteiger partial charge on any atom is -0.386 e. The first-order valence-corrected chi connectivity index (χ1v) is 5.39. The quantitative estimate of drug-likeness (QED) is 0.839. The molecule has 0 saturated carbocycles. The summed E-state index contributed by atoms with van der Waals surface area (Å²) in [4.78, 5) is 4.13. The summed E-state index contributed by atoms with van der Waals surface area (Å²) in [6.45, 7) is 5.89. The van der Waals surface area contributed by atoms with Crippen molar-refractivity contribution in [3.63, 3.8) is 0 Å². The van der Waals surface area contributed by atoms with Gasteiger partial charge in [0.1, 0.15) is 0 Å². The SMILES string of the molecule is C=C(CC)CC(O)c1ccc(Br)cn1. The summed E-state index contributed by atoms with van der Waals surface area (Å²) in [5, 5.41) is 9.77. The summed E-state index contributed by atoms with van der Waals surface area (Å²) in [6, 6.07) is 3.69. The lowest BCUT2D eigenvalue weighted by atomic mass is 10.1. The third kappa shape index (κ3) is 3.24. The number of pyridine rings is 1. The van der Waals surface area contributed by atoms with Gasteiger partial charge >= 0.3 is 0 Å². The average Bonchev–Trinajstić information content (AvgIpc) is 2.18. The molecule has 0 bridgehead atoms. The largest absolute Gasteiger partial charge is 0.386 e. The van der Waals surface area contributed by atoms with E-state index in [9.17, 15) is 5.11 Å². The molecule has 0 aliphatic carbocycles. The van der Waals surface area contributed by atoms with Crippen LogP contribution in [0.15, 0.2) is 35.0 Å². The number of hydrogen-bond donors (Lipinski definition) is 1. The first kappa shape index (κ1) is 11.4. The number of aliphatic hydroxyl groups excluding tert-OH is 1. The normalized spacial score (nSPS) is 12.5. The Morgan fingerprint density at radius 2 is 2.36 bits per heavy atom. The topological polar surface area (TPSA) is 33.1 Å². The lowest BCUT2D eigenvalue weighted by Gasteiger charge is -2.10. The summed E-state index contributed by atoms with van der Waals surface area (Å²) < 4.78 is 0.919. The van der Waals surface area contributed by atoms with Crippen LogP contribution in [-0.2, 0) is 0 Å². The molecule has 0 saturated heterocycles. The van der Waals surface area contributed by atoms with Gasteiger partial charge < -0.3 is 5.11 Å². The molecule has 1 atom stereocenters. The fourth-order valence-corrected chi connectivity index (χ4v) is 1.34. The summed E-state index contributed by atoms with van der Waals surface area (Å²) in [5.74, 6) is 0. The van der Waals surface area contributed by atoms with E-state index in [1.807, 2.05) is 19.1 Å². The van der Waals surface area contributed by atoms with Crippen LogP contribution in [0.3, 0.4) is 0 Å². The number of hydrogen-bond acceptors (Lipinski definition) is 2. The second-order valence-corrected chi connectivity index (χ2v) is 4.14. The van der Waals surface area contributed by atoms with Gasteiger partial charge in [-0.05, 0) is 40.9 Å². The molecular weight excluding hydrogens is 242 g/mol. The molecule has 0 radical (unpaired) electrons. The molecule has 2 nitrogen and oxygen atoms in total. The predicted octanol–water partition coefficient (Wildman–Crippen LogP) is 3.23. The number of aromatic nitrogens is 1. The van der Waals surface area contributed by atoms with Gasteiger partial charge in [0.25, 0.3) is 0 Å². The van der Waals surface area contributed by atoms with E-state index in [0.29, 0.717) is 12.1 Å². The predicted molar refractivity (Wildman–Crippen MR) is 60.9 cm³/mol. The summed E-state index contributed by atoms with van der Waals surface area (Å²) in [7, 11) is 0. The van der Waals surface area contributed by atoms with Crippen LogP contribution in [-0.4, -0.2) is 10.1 Å². The second-order valence-electron chi connectivity index (χ2n) is 3.22. The summed E-state index contributed by atoms with van der Waals surface area (Å²) in [5.41, 5.74) is 1.74. The zero-order valence-corrected chi connectivity index (χ0v) is 9.79. The van der Waals surface area contributed by atoms with Crippen molar-refractivity contribution in [2.75, 3.05) is 0 Å². The monoisotopic (exact) mass is 255 g/mol. The van der Waals surface area contributed by atoms with Crippen LogP contribution in [0, 0.1) is 0 Å². The molecule has 76 valence electrons. The van der Waals surface area contributed by atoms with E-state index in [4.69, 9.17) is 0 Å². The molecule has 3 heteroatoms. The molecule has 14 heavy (non-hydrogen) atoms. The highest BCUT2D eigenvalue weighted by Crippen LogP contribution is 2.20. The maximum atomic E-state index is 9.77. The fraction of sp³-hybridized carbons (Fsp3) is 0.364. The van der Waals surface area contributed by atoms with Crippen molar-refractivity contribution >= 4 is 15.9 Å². The molecule has 0 aliphatic rings. The van der Waals surface area contributed by atoms with Gasteiger partial charge in [0, 0.05) is 10.7 Å². The van der Waals surface area contributed by atoms with Crippen molar-refractivity contribution in [1.29, 1.82) is 0 Å². The van der Waals surface area contributed by atoms with Crippen LogP contribution in [0.5, 0.6) is 0 Å². The molecule has 0 amide bonds. The van der Waals surface area contributed by atoms with Crippen LogP contribution in [0.2, 0.25) is 0 Å². The molecular formula is C11H14BrNO. The molecule has 1 aromatic heterocycles. The molecule has 1 unspecified atom stereocenters. The minimum atomic E-state index is -0.532. The van der Waals surface area contributed by atoms with Crippen LogP contribution in [0.25, 0.3) is 0 Å². The number of nitrogens with zero attached hydrogens (tertiary/aromatic N) is 1. The lowest BCUT2D eigenvalue weighted by molar-refractivity contribution is 0.172. The Bertz CT molecular complexity index is 308. The van der Waals surface area contributed by atoms with E-state index in [1.165, 1.54) is 0 Å². The maximum absolute atomic E-state index is 9.77. The van der Waals surface area contributed by atoms with Gasteiger partial charge in [0.05, 0.1) is 11.8 Å². The molecule has 0 aromatic carbocycles. The maximum Gasteiger partial charge on any atom is 0.0996 e. The zero-order valence-electron chi connectivity index (χ0n) is 8.20. The Morgan fingerprint density at radius 1 is 1.64 bits per heavy atom. The van der Waals surface area contributed by atoms with E-state index in [1.54, 1.807) is 6.20 Å². The van der Waals surface area contributed by atoms with Crippen LogP contribution in [0.4, 0.5) is 0 Å². The van der Waals surface area contributed by atoms with Gasteiger partial charge in [-0.3, -0.25) is 4.98 Å². The molecule has 1 N–H and O–H groups in total. The van der Waals surface area contributed by atoms with Crippen molar-refractivity contribution in [3.8, 4) is 0 Å². The molecule has 0 spiro atoms. The zero-order chi connectivity index (χ0) is 10.6. The Hall–Kier alpha value is -0.670. The number of halogens is 1. The van der Waals surface area contributed by atoms with Crippen LogP contribution >= 0.6 is 15.9 Å². The van der Waals surface area contributed by atoms with E-state index in [-0.39, 0.29) is 0 Å². The minimum absolute atomic E-state index is 0.532. The Balaban J connectivity index is 2.65. The van der Waals surface area contributed by atoms with Gasteiger partial charge in [-0.25, -0.2) is 0 Å². The first-order chi connectivity index (χ1) is 6.63. The van der Waals surface area contributed by atoms with Crippen molar-refractivity contribution < 1.29 is 5.11 Å². The third-order valence-corrected chi connectivity index (χ3v) is 2.54. The lowest BCUT2D eigenvalue weighted by Crippen LogP contribution is -2.00. The molecule has 0 aliphatic heterocycles. The second kappa shape index (κ2) is 5.27. The van der Waals surface area contributed by atoms with E-state index >= 15 is 0 Å². The summed E-state index contributed by atoms with van der Waals surface area (Å²) in [6.07, 6.45) is 2.64.